The predicted molar refractivity (Wildman–Crippen MR) is 115 cm³/mol. The van der Waals surface area contributed by atoms with Crippen LogP contribution in [0.15, 0.2) is 21.2 Å². The van der Waals surface area contributed by atoms with Gasteiger partial charge in [0.2, 0.25) is 0 Å². The van der Waals surface area contributed by atoms with Crippen LogP contribution in [-0.2, 0) is 4.74 Å². The Balaban J connectivity index is 1.73. The van der Waals surface area contributed by atoms with E-state index in [0.717, 1.165) is 0 Å². The molecule has 0 amide bonds. The van der Waals surface area contributed by atoms with E-state index in [4.69, 9.17) is 10.5 Å². The molecule has 0 radical (unpaired) electrons. The molecule has 7 nitrogen and oxygen atoms in total. The molecule has 1 aromatic rings. The van der Waals surface area contributed by atoms with Gasteiger partial charge in [-0.3, -0.25) is 19.2 Å². The first-order valence-electron chi connectivity index (χ1n) is 11.3. The zero-order valence-corrected chi connectivity index (χ0v) is 19.3. The summed E-state index contributed by atoms with van der Waals surface area (Å²) in [5, 5.41) is 0.131. The summed E-state index contributed by atoms with van der Waals surface area (Å²) >= 11 is 0. The number of halogens is 7. The molecule has 36 heavy (non-hydrogen) atoms. The summed E-state index contributed by atoms with van der Waals surface area (Å²) < 4.78 is 100. The van der Waals surface area contributed by atoms with Gasteiger partial charge in [-0.25, -0.2) is 9.18 Å². The van der Waals surface area contributed by atoms with Gasteiger partial charge in [-0.15, -0.1) is 0 Å². The van der Waals surface area contributed by atoms with Crippen LogP contribution in [0.1, 0.15) is 32.2 Å². The van der Waals surface area contributed by atoms with Crippen LogP contribution in [0.2, 0.25) is 0 Å². The van der Waals surface area contributed by atoms with Crippen molar-refractivity contribution in [3.63, 3.8) is 0 Å². The van der Waals surface area contributed by atoms with E-state index in [1.54, 1.807) is 11.8 Å². The molecule has 0 bridgehead atoms. The molecule has 2 fully saturated rings. The van der Waals surface area contributed by atoms with Crippen molar-refractivity contribution < 1.29 is 35.5 Å². The number of nitrogens with zero attached hydrogens (tertiary/aromatic N) is 2. The molecule has 200 valence electrons. The molecule has 1 saturated carbocycles. The summed E-state index contributed by atoms with van der Waals surface area (Å²) in [5.41, 5.74) is 1.97. The highest BCUT2D eigenvalue weighted by Gasteiger charge is 2.51. The summed E-state index contributed by atoms with van der Waals surface area (Å²) in [6.07, 6.45) is -11.6. The Kier molecular flexibility index (Phi) is 6.65. The second kappa shape index (κ2) is 9.05. The Hall–Kier alpha value is -2.61. The van der Waals surface area contributed by atoms with E-state index in [1.165, 1.54) is 11.7 Å². The molecule has 4 atom stereocenters. The molecule has 2 aliphatic carbocycles. The van der Waals surface area contributed by atoms with Gasteiger partial charge in [-0.2, -0.15) is 26.3 Å². The first-order valence-corrected chi connectivity index (χ1v) is 11.3. The molecular formula is C22H25F7N4O3. The van der Waals surface area contributed by atoms with Crippen LogP contribution in [0, 0.1) is 5.92 Å². The molecule has 2 heterocycles. The maximum absolute atomic E-state index is 15.8. The molecule has 3 aliphatic rings. The normalized spacial score (nSPS) is 26.1. The number of allylic oxidation sites excluding steroid dienone is 1. The first-order chi connectivity index (χ1) is 16.7. The van der Waals surface area contributed by atoms with Gasteiger partial charge < -0.3 is 10.5 Å². The Morgan fingerprint density at radius 2 is 1.75 bits per heavy atom. The summed E-state index contributed by atoms with van der Waals surface area (Å²) in [6, 6.07) is -2.81. The van der Waals surface area contributed by atoms with Gasteiger partial charge in [0.15, 0.2) is 6.17 Å². The highest BCUT2D eigenvalue weighted by molar-refractivity contribution is 5.60. The fraction of sp³-hybridized carbons (Fsp3) is 0.636. The van der Waals surface area contributed by atoms with Gasteiger partial charge in [0.1, 0.15) is 16.6 Å². The third-order valence-electron chi connectivity index (χ3n) is 7.03. The van der Waals surface area contributed by atoms with Crippen LogP contribution in [-0.4, -0.2) is 65.3 Å². The molecule has 4 rings (SSSR count). The third-order valence-corrected chi connectivity index (χ3v) is 7.03. The van der Waals surface area contributed by atoms with E-state index in [0.29, 0.717) is 18.4 Å². The van der Waals surface area contributed by atoms with E-state index in [-0.39, 0.29) is 48.0 Å². The number of likely N-dealkylation sites (tertiary alicyclic amines) is 1. The predicted octanol–water partition coefficient (Wildman–Crippen LogP) is 1.22. The van der Waals surface area contributed by atoms with Gasteiger partial charge in [-0.1, -0.05) is 6.08 Å². The fourth-order valence-electron chi connectivity index (χ4n) is 5.22. The SMILES string of the molecule is COC1=c2c(=O)[nH]c(=O)n(C3CC3)c2=C(C)C(N2CCC(C(N)C=C(C(F)(F)F)C(F)(F)F)C2)C1F. The molecule has 1 aliphatic heterocycles. The van der Waals surface area contributed by atoms with Gasteiger partial charge in [0.05, 0.1) is 18.5 Å². The lowest BCUT2D eigenvalue weighted by Crippen LogP contribution is -2.61. The second-order valence-corrected chi connectivity index (χ2v) is 9.38. The zero-order valence-electron chi connectivity index (χ0n) is 19.3. The van der Waals surface area contributed by atoms with Crippen LogP contribution in [0.5, 0.6) is 0 Å². The summed E-state index contributed by atoms with van der Waals surface area (Å²) in [7, 11) is 1.18. The summed E-state index contributed by atoms with van der Waals surface area (Å²) in [5.74, 6) is -1.11. The third kappa shape index (κ3) is 4.60. The minimum atomic E-state index is -5.63. The monoisotopic (exact) mass is 526 g/mol. The number of alkyl halides is 7. The highest BCUT2D eigenvalue weighted by Crippen LogP contribution is 2.40. The molecular weight excluding hydrogens is 501 g/mol. The molecule has 3 N–H and O–H groups in total. The van der Waals surface area contributed by atoms with Crippen molar-refractivity contribution in [2.24, 2.45) is 11.7 Å². The van der Waals surface area contributed by atoms with Gasteiger partial charge in [0, 0.05) is 18.6 Å². The van der Waals surface area contributed by atoms with Gasteiger partial charge >= 0.3 is 18.0 Å². The van der Waals surface area contributed by atoms with E-state index >= 15 is 4.39 Å². The fourth-order valence-corrected chi connectivity index (χ4v) is 5.22. The number of fused-ring (bicyclic) bond motifs is 1. The lowest BCUT2D eigenvalue weighted by atomic mass is 9.93. The van der Waals surface area contributed by atoms with Crippen LogP contribution < -0.4 is 27.6 Å². The average Bonchev–Trinajstić information content (AvgIpc) is 3.47. The molecule has 4 unspecified atom stereocenters. The number of rotatable bonds is 5. The maximum Gasteiger partial charge on any atom is 0.421 e. The zero-order chi connectivity index (χ0) is 26.7. The van der Waals surface area contributed by atoms with Crippen molar-refractivity contribution in [1.82, 2.24) is 14.5 Å². The van der Waals surface area contributed by atoms with Crippen LogP contribution in [0.25, 0.3) is 11.3 Å². The van der Waals surface area contributed by atoms with Gasteiger partial charge in [0.25, 0.3) is 5.56 Å². The lowest BCUT2D eigenvalue weighted by molar-refractivity contribution is -0.172. The van der Waals surface area contributed by atoms with Gasteiger partial charge in [-0.05, 0) is 44.2 Å². The van der Waals surface area contributed by atoms with Crippen molar-refractivity contribution >= 4 is 11.3 Å². The van der Waals surface area contributed by atoms with E-state index < -0.39 is 53.3 Å². The Morgan fingerprint density at radius 3 is 2.28 bits per heavy atom. The maximum atomic E-state index is 15.8. The molecule has 1 saturated heterocycles. The molecule has 1 aromatic heterocycles. The number of aromatic nitrogens is 2. The molecule has 14 heteroatoms. The number of methoxy groups -OCH3 is 1. The Labute approximate surface area is 199 Å². The summed E-state index contributed by atoms with van der Waals surface area (Å²) in [6.45, 7) is 1.59. The standard InChI is InChI=1S/C22H25F7N4O3/c1-9-16-14(19(34)31-20(35)33(16)11-3-4-11)18(36-2)15(23)17(9)32-6-5-10(8-32)12(30)7-13(21(24,25)26)22(27,28)29/h7,10-12,15,17H,3-6,8,30H2,1-2H3,(H,31,34,35). The van der Waals surface area contributed by atoms with Crippen molar-refractivity contribution in [2.75, 3.05) is 20.2 Å². The number of nitrogens with one attached hydrogen (secondary N) is 1. The highest BCUT2D eigenvalue weighted by atomic mass is 19.4. The number of nitrogens with two attached hydrogens (primary N) is 1. The topological polar surface area (TPSA) is 93.3 Å². The quantitative estimate of drug-likeness (QED) is 0.445. The number of ether oxygens (including phenoxy) is 1. The van der Waals surface area contributed by atoms with Crippen LogP contribution in [0.3, 0.4) is 0 Å². The first kappa shape index (κ1) is 26.5. The summed E-state index contributed by atoms with van der Waals surface area (Å²) in [4.78, 5) is 28.9. The van der Waals surface area contributed by atoms with E-state index in [2.05, 4.69) is 4.98 Å². The largest absolute Gasteiger partial charge is 0.497 e. The average molecular weight is 526 g/mol. The number of H-pyrrole nitrogens is 1. The van der Waals surface area contributed by atoms with E-state index in [1.807, 2.05) is 0 Å². The van der Waals surface area contributed by atoms with Crippen molar-refractivity contribution in [2.45, 2.75) is 62.8 Å². The van der Waals surface area contributed by atoms with Crippen LogP contribution >= 0.6 is 0 Å². The smallest absolute Gasteiger partial charge is 0.421 e. The number of hydrogen-bond acceptors (Lipinski definition) is 5. The van der Waals surface area contributed by atoms with E-state index in [9.17, 15) is 35.9 Å². The Morgan fingerprint density at radius 1 is 1.14 bits per heavy atom. The van der Waals surface area contributed by atoms with Crippen molar-refractivity contribution in [3.05, 3.63) is 43.1 Å². The number of hydrogen-bond donors (Lipinski definition) is 2. The molecule has 0 spiro atoms. The minimum absolute atomic E-state index is 0.0230. The van der Waals surface area contributed by atoms with Crippen molar-refractivity contribution in [1.29, 1.82) is 0 Å². The Bertz CT molecular complexity index is 1290. The van der Waals surface area contributed by atoms with Crippen LogP contribution in [0.4, 0.5) is 30.7 Å². The number of aromatic amines is 1. The molecule has 0 aromatic carbocycles. The van der Waals surface area contributed by atoms with Crippen molar-refractivity contribution in [3.8, 4) is 0 Å². The minimum Gasteiger partial charge on any atom is -0.497 e. The lowest BCUT2D eigenvalue weighted by Gasteiger charge is -2.35. The second-order valence-electron chi connectivity index (χ2n) is 9.38.